The molecule has 104 valence electrons. The summed E-state index contributed by atoms with van der Waals surface area (Å²) in [7, 11) is 0. The average molecular weight is 260 g/mol. The molecule has 0 bridgehead atoms. The number of hydrogen-bond donors (Lipinski definition) is 1. The van der Waals surface area contributed by atoms with Crippen LogP contribution >= 0.6 is 0 Å². The summed E-state index contributed by atoms with van der Waals surface area (Å²) >= 11 is 0. The van der Waals surface area contributed by atoms with Crippen LogP contribution in [-0.4, -0.2) is 24.0 Å². The van der Waals surface area contributed by atoms with Crippen LogP contribution in [0.15, 0.2) is 29.4 Å². The minimum Gasteiger partial charge on any atom is -0.411 e. The summed E-state index contributed by atoms with van der Waals surface area (Å²) in [6, 6.07) is 8.30. The van der Waals surface area contributed by atoms with Crippen LogP contribution < -0.4 is 4.90 Å². The summed E-state index contributed by atoms with van der Waals surface area (Å²) in [5.41, 5.74) is 3.14. The molecule has 0 radical (unpaired) electrons. The molecule has 1 aromatic carbocycles. The van der Waals surface area contributed by atoms with Crippen molar-refractivity contribution < 1.29 is 5.21 Å². The van der Waals surface area contributed by atoms with E-state index in [4.69, 9.17) is 0 Å². The second-order valence-corrected chi connectivity index (χ2v) is 5.30. The third-order valence-corrected chi connectivity index (χ3v) is 4.15. The maximum atomic E-state index is 9.19. The van der Waals surface area contributed by atoms with Gasteiger partial charge in [0.15, 0.2) is 0 Å². The molecule has 0 spiro atoms. The molecule has 1 aliphatic heterocycles. The SMILES string of the molecule is CCC(CC)CN1CCC/C(=N/O)c2ccccc21. The highest BCUT2D eigenvalue weighted by Crippen LogP contribution is 2.28. The number of para-hydroxylation sites is 1. The maximum absolute atomic E-state index is 9.19. The molecule has 0 fully saturated rings. The van der Waals surface area contributed by atoms with Gasteiger partial charge in [-0.05, 0) is 24.8 Å². The van der Waals surface area contributed by atoms with Gasteiger partial charge in [0.25, 0.3) is 0 Å². The largest absolute Gasteiger partial charge is 0.411 e. The van der Waals surface area contributed by atoms with Crippen LogP contribution in [0.5, 0.6) is 0 Å². The van der Waals surface area contributed by atoms with Gasteiger partial charge in [-0.15, -0.1) is 0 Å². The topological polar surface area (TPSA) is 35.8 Å². The van der Waals surface area contributed by atoms with Crippen LogP contribution in [0.25, 0.3) is 0 Å². The summed E-state index contributed by atoms with van der Waals surface area (Å²) in [6.07, 6.45) is 4.34. The van der Waals surface area contributed by atoms with Crippen molar-refractivity contribution in [3.05, 3.63) is 29.8 Å². The molecule has 0 atom stereocenters. The molecule has 2 rings (SSSR count). The molecule has 0 unspecified atom stereocenters. The summed E-state index contributed by atoms with van der Waals surface area (Å²) < 4.78 is 0. The zero-order valence-corrected chi connectivity index (χ0v) is 12.0. The standard InChI is InChI=1S/C16H24N2O/c1-3-13(4-2)12-18-11-7-9-15(17-19)14-8-5-6-10-16(14)18/h5-6,8,10,13,19H,3-4,7,9,11-12H2,1-2H3/b17-15-. The van der Waals surface area contributed by atoms with E-state index in [-0.39, 0.29) is 0 Å². The van der Waals surface area contributed by atoms with Gasteiger partial charge in [-0.2, -0.15) is 0 Å². The van der Waals surface area contributed by atoms with Gasteiger partial charge in [-0.1, -0.05) is 50.0 Å². The van der Waals surface area contributed by atoms with Crippen LogP contribution in [0.4, 0.5) is 5.69 Å². The summed E-state index contributed by atoms with van der Waals surface area (Å²) in [4.78, 5) is 2.46. The van der Waals surface area contributed by atoms with Crippen LogP contribution in [0, 0.1) is 5.92 Å². The van der Waals surface area contributed by atoms with Crippen LogP contribution in [0.1, 0.15) is 45.1 Å². The molecule has 1 N–H and O–H groups in total. The van der Waals surface area contributed by atoms with Gasteiger partial charge < -0.3 is 10.1 Å². The Morgan fingerprint density at radius 1 is 1.26 bits per heavy atom. The number of nitrogens with zero attached hydrogens (tertiary/aromatic N) is 2. The average Bonchev–Trinajstić information content (AvgIpc) is 2.64. The Morgan fingerprint density at radius 2 is 2.00 bits per heavy atom. The van der Waals surface area contributed by atoms with Crippen molar-refractivity contribution in [2.45, 2.75) is 39.5 Å². The van der Waals surface area contributed by atoms with E-state index in [9.17, 15) is 5.21 Å². The van der Waals surface area contributed by atoms with E-state index in [0.29, 0.717) is 0 Å². The van der Waals surface area contributed by atoms with E-state index in [2.05, 4.69) is 42.1 Å². The molecular formula is C16H24N2O. The minimum absolute atomic E-state index is 0.737. The minimum atomic E-state index is 0.737. The monoisotopic (exact) mass is 260 g/mol. The number of oxime groups is 1. The molecule has 19 heavy (non-hydrogen) atoms. The van der Waals surface area contributed by atoms with Gasteiger partial charge in [-0.3, -0.25) is 0 Å². The van der Waals surface area contributed by atoms with Gasteiger partial charge in [-0.25, -0.2) is 0 Å². The Bertz CT molecular complexity index is 438. The Hall–Kier alpha value is -1.51. The van der Waals surface area contributed by atoms with Crippen molar-refractivity contribution in [3.8, 4) is 0 Å². The molecule has 1 heterocycles. The maximum Gasteiger partial charge on any atom is 0.0889 e. The Labute approximate surface area is 115 Å². The lowest BCUT2D eigenvalue weighted by molar-refractivity contribution is 0.318. The number of rotatable bonds is 4. The van der Waals surface area contributed by atoms with Gasteiger partial charge >= 0.3 is 0 Å². The first-order valence-electron chi connectivity index (χ1n) is 7.35. The molecule has 1 aliphatic rings. The van der Waals surface area contributed by atoms with E-state index in [1.54, 1.807) is 0 Å². The molecular weight excluding hydrogens is 236 g/mol. The normalized spacial score (nSPS) is 17.6. The van der Waals surface area contributed by atoms with Gasteiger partial charge in [0.1, 0.15) is 0 Å². The van der Waals surface area contributed by atoms with E-state index in [1.807, 2.05) is 6.07 Å². The van der Waals surface area contributed by atoms with E-state index >= 15 is 0 Å². The first-order chi connectivity index (χ1) is 9.30. The molecule has 0 saturated carbocycles. The zero-order chi connectivity index (χ0) is 13.7. The molecule has 0 aromatic heterocycles. The molecule has 1 aromatic rings. The molecule has 3 nitrogen and oxygen atoms in total. The highest BCUT2D eigenvalue weighted by Gasteiger charge is 2.21. The van der Waals surface area contributed by atoms with Crippen LogP contribution in [-0.2, 0) is 0 Å². The third kappa shape index (κ3) is 3.09. The quantitative estimate of drug-likeness (QED) is 0.658. The van der Waals surface area contributed by atoms with Crippen molar-refractivity contribution in [1.82, 2.24) is 0 Å². The van der Waals surface area contributed by atoms with Crippen LogP contribution in [0.3, 0.4) is 0 Å². The summed E-state index contributed by atoms with van der Waals surface area (Å²) in [6.45, 7) is 6.67. The summed E-state index contributed by atoms with van der Waals surface area (Å²) in [5, 5.41) is 12.7. The van der Waals surface area contributed by atoms with Crippen molar-refractivity contribution in [3.63, 3.8) is 0 Å². The fourth-order valence-electron chi connectivity index (χ4n) is 2.84. The lowest BCUT2D eigenvalue weighted by Gasteiger charge is -2.28. The fourth-order valence-corrected chi connectivity index (χ4v) is 2.84. The van der Waals surface area contributed by atoms with E-state index in [1.165, 1.54) is 18.5 Å². The fraction of sp³-hybridized carbons (Fsp3) is 0.562. The van der Waals surface area contributed by atoms with Crippen molar-refractivity contribution >= 4 is 11.4 Å². The predicted molar refractivity (Wildman–Crippen MR) is 80.3 cm³/mol. The lowest BCUT2D eigenvalue weighted by atomic mass is 10.0. The van der Waals surface area contributed by atoms with Gasteiger partial charge in [0, 0.05) is 24.3 Å². The second-order valence-electron chi connectivity index (χ2n) is 5.30. The predicted octanol–water partition coefficient (Wildman–Crippen LogP) is 3.90. The molecule has 0 amide bonds. The Kier molecular flexibility index (Phi) is 4.83. The summed E-state index contributed by atoms with van der Waals surface area (Å²) in [5.74, 6) is 0.737. The second kappa shape index (κ2) is 6.60. The third-order valence-electron chi connectivity index (χ3n) is 4.15. The Morgan fingerprint density at radius 3 is 2.68 bits per heavy atom. The van der Waals surface area contributed by atoms with Crippen molar-refractivity contribution in [2.24, 2.45) is 11.1 Å². The van der Waals surface area contributed by atoms with E-state index in [0.717, 1.165) is 43.1 Å². The molecule has 3 heteroatoms. The first-order valence-corrected chi connectivity index (χ1v) is 7.35. The number of anilines is 1. The van der Waals surface area contributed by atoms with Gasteiger partial charge in [0.2, 0.25) is 0 Å². The highest BCUT2D eigenvalue weighted by molar-refractivity contribution is 6.05. The van der Waals surface area contributed by atoms with Crippen LogP contribution in [0.2, 0.25) is 0 Å². The van der Waals surface area contributed by atoms with Crippen molar-refractivity contribution in [1.29, 1.82) is 0 Å². The van der Waals surface area contributed by atoms with E-state index < -0.39 is 0 Å². The highest BCUT2D eigenvalue weighted by atomic mass is 16.4. The molecule has 0 saturated heterocycles. The lowest BCUT2D eigenvalue weighted by Crippen LogP contribution is -2.30. The number of benzene rings is 1. The smallest absolute Gasteiger partial charge is 0.0889 e. The molecule has 0 aliphatic carbocycles. The first kappa shape index (κ1) is 13.9. The number of hydrogen-bond acceptors (Lipinski definition) is 3. The number of fused-ring (bicyclic) bond motifs is 1. The zero-order valence-electron chi connectivity index (χ0n) is 12.0. The Balaban J connectivity index is 2.30. The van der Waals surface area contributed by atoms with Crippen molar-refractivity contribution in [2.75, 3.05) is 18.0 Å². The van der Waals surface area contributed by atoms with Gasteiger partial charge in [0.05, 0.1) is 5.71 Å².